The zero-order chi connectivity index (χ0) is 15.8. The van der Waals surface area contributed by atoms with Crippen LogP contribution in [0.25, 0.3) is 0 Å². The Kier molecular flexibility index (Phi) is 7.05. The highest BCUT2D eigenvalue weighted by Crippen LogP contribution is 2.24. The molecule has 0 saturated heterocycles. The molecule has 1 aromatic carbocycles. The number of nitrogens with one attached hydrogen (secondary N) is 1. The van der Waals surface area contributed by atoms with Crippen LogP contribution in [-0.2, 0) is 26.6 Å². The smallest absolute Gasteiger partial charge is 0.211 e. The monoisotopic (exact) mass is 343 g/mol. The number of sulfonamides is 1. The van der Waals surface area contributed by atoms with E-state index in [2.05, 4.69) is 4.72 Å². The minimum absolute atomic E-state index is 0.221. The first-order valence-electron chi connectivity index (χ1n) is 7.91. The van der Waals surface area contributed by atoms with Crippen molar-refractivity contribution >= 4 is 20.8 Å². The lowest BCUT2D eigenvalue weighted by Gasteiger charge is -2.21. The quantitative estimate of drug-likeness (QED) is 0.788. The van der Waals surface area contributed by atoms with Gasteiger partial charge in [0.15, 0.2) is 0 Å². The van der Waals surface area contributed by atoms with Gasteiger partial charge in [-0.25, -0.2) is 13.1 Å². The maximum Gasteiger partial charge on any atom is 0.211 e. The molecular formula is C16H25NO3S2. The molecule has 0 amide bonds. The van der Waals surface area contributed by atoms with Crippen molar-refractivity contribution in [2.24, 2.45) is 5.92 Å². The van der Waals surface area contributed by atoms with Gasteiger partial charge in [-0.3, -0.25) is 4.21 Å². The van der Waals surface area contributed by atoms with E-state index in [0.29, 0.717) is 17.4 Å². The predicted molar refractivity (Wildman–Crippen MR) is 91.5 cm³/mol. The molecule has 0 radical (unpaired) electrons. The highest BCUT2D eigenvalue weighted by atomic mass is 32.2. The van der Waals surface area contributed by atoms with Crippen LogP contribution in [-0.4, -0.2) is 30.7 Å². The first kappa shape index (κ1) is 17.6. The second-order valence-electron chi connectivity index (χ2n) is 5.95. The van der Waals surface area contributed by atoms with Crippen molar-refractivity contribution in [3.8, 4) is 0 Å². The summed E-state index contributed by atoms with van der Waals surface area (Å²) in [5.74, 6) is 1.35. The normalized spacial score (nSPS) is 18.2. The second-order valence-corrected chi connectivity index (χ2v) is 9.38. The van der Waals surface area contributed by atoms with Crippen LogP contribution < -0.4 is 4.72 Å². The molecule has 1 aromatic rings. The standard InChI is InChI=1S/C16H25NO3S2/c18-21(13-15-7-3-1-4-8-15)12-11-17-22(19,20)14-16-9-5-2-6-10-16/h1,3-4,7-8,16-17H,2,5-6,9-14H2/t21-/m0/s1. The van der Waals surface area contributed by atoms with Crippen molar-refractivity contribution in [3.63, 3.8) is 0 Å². The zero-order valence-corrected chi connectivity index (χ0v) is 14.5. The Morgan fingerprint density at radius 2 is 1.77 bits per heavy atom. The van der Waals surface area contributed by atoms with Crippen LogP contribution in [0.5, 0.6) is 0 Å². The van der Waals surface area contributed by atoms with E-state index in [4.69, 9.17) is 0 Å². The summed E-state index contributed by atoms with van der Waals surface area (Å²) in [4.78, 5) is 0. The van der Waals surface area contributed by atoms with Gasteiger partial charge in [0.25, 0.3) is 0 Å². The van der Waals surface area contributed by atoms with E-state index in [1.54, 1.807) is 0 Å². The molecule has 1 aliphatic rings. The van der Waals surface area contributed by atoms with Gasteiger partial charge in [-0.1, -0.05) is 49.6 Å². The fraction of sp³-hybridized carbons (Fsp3) is 0.625. The van der Waals surface area contributed by atoms with Gasteiger partial charge in [-0.15, -0.1) is 0 Å². The largest absolute Gasteiger partial charge is 0.259 e. The SMILES string of the molecule is O=[S@@](CCNS(=O)(=O)CC1CCCCC1)Cc1ccccc1. The van der Waals surface area contributed by atoms with Gasteiger partial charge in [0.1, 0.15) is 0 Å². The van der Waals surface area contributed by atoms with Gasteiger partial charge in [-0.05, 0) is 24.3 Å². The fourth-order valence-corrected chi connectivity index (χ4v) is 5.52. The lowest BCUT2D eigenvalue weighted by Crippen LogP contribution is -2.33. The zero-order valence-electron chi connectivity index (χ0n) is 12.9. The van der Waals surface area contributed by atoms with Crippen LogP contribution in [0, 0.1) is 5.92 Å². The van der Waals surface area contributed by atoms with Gasteiger partial charge in [-0.2, -0.15) is 0 Å². The molecule has 124 valence electrons. The number of hydrogen-bond acceptors (Lipinski definition) is 3. The van der Waals surface area contributed by atoms with Crippen LogP contribution in [0.3, 0.4) is 0 Å². The maximum atomic E-state index is 12.0. The Labute approximate surface area is 136 Å². The van der Waals surface area contributed by atoms with Crippen LogP contribution in [0.1, 0.15) is 37.7 Å². The summed E-state index contributed by atoms with van der Waals surface area (Å²) in [7, 11) is -4.27. The van der Waals surface area contributed by atoms with Gasteiger partial charge in [0, 0.05) is 28.9 Å². The Hall–Kier alpha value is -0.720. The molecule has 0 aromatic heterocycles. The third-order valence-electron chi connectivity index (χ3n) is 4.00. The summed E-state index contributed by atoms with van der Waals surface area (Å²) in [6, 6.07) is 9.63. The number of rotatable bonds is 8. The minimum Gasteiger partial charge on any atom is -0.259 e. The van der Waals surface area contributed by atoms with Gasteiger partial charge in [0.05, 0.1) is 5.75 Å². The molecule has 1 aliphatic carbocycles. The van der Waals surface area contributed by atoms with E-state index in [-0.39, 0.29) is 12.3 Å². The third kappa shape index (κ3) is 6.58. The summed E-state index contributed by atoms with van der Waals surface area (Å²) in [5, 5.41) is 0. The molecule has 1 atom stereocenters. The van der Waals surface area contributed by atoms with Crippen molar-refractivity contribution in [2.75, 3.05) is 18.1 Å². The molecule has 4 nitrogen and oxygen atoms in total. The Balaban J connectivity index is 1.69. The lowest BCUT2D eigenvalue weighted by atomic mass is 9.91. The molecular weight excluding hydrogens is 318 g/mol. The molecule has 1 saturated carbocycles. The van der Waals surface area contributed by atoms with Crippen molar-refractivity contribution in [1.82, 2.24) is 4.72 Å². The number of hydrogen-bond donors (Lipinski definition) is 1. The van der Waals surface area contributed by atoms with E-state index >= 15 is 0 Å². The highest BCUT2D eigenvalue weighted by molar-refractivity contribution is 7.89. The summed E-state index contributed by atoms with van der Waals surface area (Å²) >= 11 is 0. The molecule has 1 N–H and O–H groups in total. The molecule has 1 fully saturated rings. The minimum atomic E-state index is -3.23. The summed E-state index contributed by atoms with van der Waals surface area (Å²) in [6.45, 7) is 0.258. The van der Waals surface area contributed by atoms with Crippen LogP contribution in [0.4, 0.5) is 0 Å². The van der Waals surface area contributed by atoms with Crippen LogP contribution in [0.2, 0.25) is 0 Å². The Morgan fingerprint density at radius 1 is 1.09 bits per heavy atom. The molecule has 0 aliphatic heterocycles. The summed E-state index contributed by atoms with van der Waals surface area (Å²) in [6.07, 6.45) is 5.53. The molecule has 2 rings (SSSR count). The third-order valence-corrected chi connectivity index (χ3v) is 6.87. The topological polar surface area (TPSA) is 63.2 Å². The number of benzene rings is 1. The van der Waals surface area contributed by atoms with Crippen molar-refractivity contribution < 1.29 is 12.6 Å². The van der Waals surface area contributed by atoms with Crippen LogP contribution >= 0.6 is 0 Å². The Morgan fingerprint density at radius 3 is 2.45 bits per heavy atom. The predicted octanol–water partition coefficient (Wildman–Crippen LogP) is 2.43. The average molecular weight is 344 g/mol. The first-order chi connectivity index (χ1) is 10.6. The second kappa shape index (κ2) is 8.79. The van der Waals surface area contributed by atoms with Crippen molar-refractivity contribution in [1.29, 1.82) is 0 Å². The van der Waals surface area contributed by atoms with Crippen molar-refractivity contribution in [3.05, 3.63) is 35.9 Å². The van der Waals surface area contributed by atoms with E-state index in [1.165, 1.54) is 6.42 Å². The summed E-state index contributed by atoms with van der Waals surface area (Å²) < 4.78 is 38.6. The molecule has 0 heterocycles. The van der Waals surface area contributed by atoms with Crippen LogP contribution in [0.15, 0.2) is 30.3 Å². The average Bonchev–Trinajstić information content (AvgIpc) is 2.48. The molecule has 0 unspecified atom stereocenters. The van der Waals surface area contributed by atoms with E-state index in [9.17, 15) is 12.6 Å². The molecule has 6 heteroatoms. The van der Waals surface area contributed by atoms with Gasteiger partial charge < -0.3 is 0 Å². The maximum absolute atomic E-state index is 12.0. The molecule has 22 heavy (non-hydrogen) atoms. The highest BCUT2D eigenvalue weighted by Gasteiger charge is 2.21. The van der Waals surface area contributed by atoms with E-state index in [1.807, 2.05) is 30.3 Å². The Bertz CT molecular complexity index is 566. The van der Waals surface area contributed by atoms with E-state index < -0.39 is 20.8 Å². The lowest BCUT2D eigenvalue weighted by molar-refractivity contribution is 0.384. The van der Waals surface area contributed by atoms with Crippen molar-refractivity contribution in [2.45, 2.75) is 37.9 Å². The van der Waals surface area contributed by atoms with Gasteiger partial charge in [0.2, 0.25) is 10.0 Å². The van der Waals surface area contributed by atoms with Gasteiger partial charge >= 0.3 is 0 Å². The fourth-order valence-electron chi connectivity index (χ4n) is 2.87. The molecule has 0 bridgehead atoms. The van der Waals surface area contributed by atoms with E-state index in [0.717, 1.165) is 31.2 Å². The summed E-state index contributed by atoms with van der Waals surface area (Å²) in [5.41, 5.74) is 1.02. The molecule has 0 spiro atoms. The first-order valence-corrected chi connectivity index (χ1v) is 11.1.